The Kier molecular flexibility index (Phi) is 6.44. The molecule has 31 heavy (non-hydrogen) atoms. The molecule has 2 amide bonds. The van der Waals surface area contributed by atoms with Crippen molar-refractivity contribution in [2.75, 3.05) is 25.1 Å². The molecule has 2 heterocycles. The zero-order chi connectivity index (χ0) is 21.8. The molecule has 6 nitrogen and oxygen atoms in total. The molecule has 4 rings (SSSR count). The van der Waals surface area contributed by atoms with Crippen molar-refractivity contribution < 1.29 is 19.1 Å². The van der Waals surface area contributed by atoms with Crippen LogP contribution in [0.5, 0.6) is 11.5 Å². The van der Waals surface area contributed by atoms with E-state index in [2.05, 4.69) is 19.2 Å². The average molecular weight is 423 g/mol. The highest BCUT2D eigenvalue weighted by molar-refractivity contribution is 6.00. The second-order valence-electron chi connectivity index (χ2n) is 8.56. The Hall–Kier alpha value is -3.02. The number of carbonyl (C=O) groups excluding carboxylic acids is 2. The maximum atomic E-state index is 13.2. The van der Waals surface area contributed by atoms with Gasteiger partial charge in [0.25, 0.3) is 11.8 Å². The first-order valence-electron chi connectivity index (χ1n) is 11.1. The largest absolute Gasteiger partial charge is 0.493 e. The number of hydrogen-bond donors (Lipinski definition) is 1. The van der Waals surface area contributed by atoms with Crippen LogP contribution >= 0.6 is 0 Å². The molecule has 2 aromatic rings. The molecular formula is C25H30N2O4. The molecule has 0 radical (unpaired) electrons. The van der Waals surface area contributed by atoms with E-state index in [0.29, 0.717) is 35.3 Å². The minimum absolute atomic E-state index is 0.0167. The fourth-order valence-corrected chi connectivity index (χ4v) is 4.22. The van der Waals surface area contributed by atoms with E-state index in [9.17, 15) is 9.59 Å². The summed E-state index contributed by atoms with van der Waals surface area (Å²) < 4.78 is 11.5. The second-order valence-corrected chi connectivity index (χ2v) is 8.56. The van der Waals surface area contributed by atoms with Crippen LogP contribution in [0.15, 0.2) is 42.5 Å². The topological polar surface area (TPSA) is 67.9 Å². The maximum Gasteiger partial charge on any atom is 0.262 e. The number of ether oxygens (including phenoxy) is 2. The van der Waals surface area contributed by atoms with E-state index in [-0.39, 0.29) is 24.5 Å². The van der Waals surface area contributed by atoms with Gasteiger partial charge in [0.05, 0.1) is 12.2 Å². The summed E-state index contributed by atoms with van der Waals surface area (Å²) in [5, 5.41) is 2.83. The number of carbonyl (C=O) groups is 2. The molecule has 1 N–H and O–H groups in total. The van der Waals surface area contributed by atoms with E-state index in [1.54, 1.807) is 18.2 Å². The Morgan fingerprint density at radius 3 is 2.74 bits per heavy atom. The minimum atomic E-state index is -0.275. The normalized spacial score (nSPS) is 18.4. The number of benzene rings is 2. The first-order valence-corrected chi connectivity index (χ1v) is 11.1. The molecule has 0 bridgehead atoms. The molecular weight excluding hydrogens is 392 g/mol. The number of fused-ring (bicyclic) bond motifs is 2. The van der Waals surface area contributed by atoms with Crippen molar-refractivity contribution in [1.29, 1.82) is 0 Å². The molecule has 1 unspecified atom stereocenters. The van der Waals surface area contributed by atoms with Crippen LogP contribution in [0.1, 0.15) is 61.4 Å². The Morgan fingerprint density at radius 1 is 1.16 bits per heavy atom. The fourth-order valence-electron chi connectivity index (χ4n) is 4.22. The third-order valence-corrected chi connectivity index (χ3v) is 6.01. The third kappa shape index (κ3) is 5.01. The summed E-state index contributed by atoms with van der Waals surface area (Å²) >= 11 is 0. The molecule has 6 heteroatoms. The van der Waals surface area contributed by atoms with E-state index < -0.39 is 0 Å². The number of nitrogens with one attached hydrogen (secondary N) is 1. The van der Waals surface area contributed by atoms with Crippen LogP contribution in [0, 0.1) is 0 Å². The zero-order valence-corrected chi connectivity index (χ0v) is 18.2. The molecule has 0 aliphatic carbocycles. The van der Waals surface area contributed by atoms with Crippen LogP contribution in [0.3, 0.4) is 0 Å². The highest BCUT2D eigenvalue weighted by Crippen LogP contribution is 2.31. The number of hydrogen-bond acceptors (Lipinski definition) is 4. The molecule has 1 saturated heterocycles. The van der Waals surface area contributed by atoms with Crippen molar-refractivity contribution in [2.24, 2.45) is 0 Å². The third-order valence-electron chi connectivity index (χ3n) is 6.01. The van der Waals surface area contributed by atoms with Gasteiger partial charge in [-0.15, -0.1) is 0 Å². The monoisotopic (exact) mass is 422 g/mol. The van der Waals surface area contributed by atoms with Gasteiger partial charge in [0.15, 0.2) is 6.61 Å². The van der Waals surface area contributed by atoms with Gasteiger partial charge in [-0.05, 0) is 61.1 Å². The quantitative estimate of drug-likeness (QED) is 0.764. The summed E-state index contributed by atoms with van der Waals surface area (Å²) in [7, 11) is 0. The van der Waals surface area contributed by atoms with Crippen molar-refractivity contribution in [3.05, 3.63) is 53.6 Å². The first-order chi connectivity index (χ1) is 15.0. The van der Waals surface area contributed by atoms with Gasteiger partial charge < -0.3 is 19.7 Å². The van der Waals surface area contributed by atoms with Crippen molar-refractivity contribution in [3.8, 4) is 11.5 Å². The molecule has 2 aliphatic rings. The smallest absolute Gasteiger partial charge is 0.262 e. The average Bonchev–Trinajstić information content (AvgIpc) is 2.77. The summed E-state index contributed by atoms with van der Waals surface area (Å²) in [5.74, 6) is 1.38. The van der Waals surface area contributed by atoms with Crippen LogP contribution in [0.25, 0.3) is 0 Å². The lowest BCUT2D eigenvalue weighted by Crippen LogP contribution is -2.45. The molecule has 2 aromatic carbocycles. The lowest BCUT2D eigenvalue weighted by molar-refractivity contribution is -0.118. The molecule has 0 aromatic heterocycles. The van der Waals surface area contributed by atoms with Crippen LogP contribution in [-0.2, 0) is 4.79 Å². The van der Waals surface area contributed by atoms with E-state index in [4.69, 9.17) is 9.47 Å². The van der Waals surface area contributed by atoms with E-state index in [0.717, 1.165) is 32.2 Å². The van der Waals surface area contributed by atoms with Crippen molar-refractivity contribution in [3.63, 3.8) is 0 Å². The Balaban J connectivity index is 1.41. The minimum Gasteiger partial charge on any atom is -0.493 e. The number of piperidine rings is 1. The van der Waals surface area contributed by atoms with E-state index >= 15 is 0 Å². The van der Waals surface area contributed by atoms with Gasteiger partial charge in [0, 0.05) is 24.7 Å². The predicted molar refractivity (Wildman–Crippen MR) is 120 cm³/mol. The van der Waals surface area contributed by atoms with Crippen molar-refractivity contribution >= 4 is 17.5 Å². The van der Waals surface area contributed by atoms with Gasteiger partial charge in [-0.2, -0.15) is 0 Å². The predicted octanol–water partition coefficient (Wildman–Crippen LogP) is 4.60. The highest BCUT2D eigenvalue weighted by Gasteiger charge is 2.31. The van der Waals surface area contributed by atoms with Gasteiger partial charge >= 0.3 is 0 Å². The lowest BCUT2D eigenvalue weighted by Gasteiger charge is -2.37. The lowest BCUT2D eigenvalue weighted by atomic mass is 9.97. The Bertz CT molecular complexity index is 939. The van der Waals surface area contributed by atoms with Crippen LogP contribution in [0.4, 0.5) is 5.69 Å². The molecule has 1 atom stereocenters. The molecule has 0 saturated carbocycles. The maximum absolute atomic E-state index is 13.2. The summed E-state index contributed by atoms with van der Waals surface area (Å²) in [4.78, 5) is 27.5. The second kappa shape index (κ2) is 9.41. The van der Waals surface area contributed by atoms with Crippen molar-refractivity contribution in [1.82, 2.24) is 4.90 Å². The number of rotatable bonds is 5. The Labute approximate surface area is 183 Å². The van der Waals surface area contributed by atoms with Gasteiger partial charge in [-0.25, -0.2) is 0 Å². The van der Waals surface area contributed by atoms with Crippen LogP contribution in [-0.4, -0.2) is 42.5 Å². The van der Waals surface area contributed by atoms with Crippen LogP contribution < -0.4 is 14.8 Å². The first kappa shape index (κ1) is 21.2. The molecule has 0 spiro atoms. The van der Waals surface area contributed by atoms with Gasteiger partial charge in [-0.1, -0.05) is 26.0 Å². The zero-order valence-electron chi connectivity index (χ0n) is 18.2. The SMILES string of the molecule is CC(C)c1ccc(OCC(=O)Nc2ccc3c(c2)C(=O)N2CCCCC2CCO3)cc1. The summed E-state index contributed by atoms with van der Waals surface area (Å²) in [5.41, 5.74) is 2.29. The summed E-state index contributed by atoms with van der Waals surface area (Å²) in [6.07, 6.45) is 4.07. The van der Waals surface area contributed by atoms with Gasteiger partial charge in [0.2, 0.25) is 0 Å². The standard InChI is InChI=1S/C25H30N2O4/c1-17(2)18-6-9-21(10-7-18)31-16-24(28)26-19-8-11-23-22(15-19)25(29)27-13-4-3-5-20(27)12-14-30-23/h6-11,15,17,20H,3-5,12-14,16H2,1-2H3,(H,26,28). The highest BCUT2D eigenvalue weighted by atomic mass is 16.5. The van der Waals surface area contributed by atoms with Crippen molar-refractivity contribution in [2.45, 2.75) is 51.5 Å². The summed E-state index contributed by atoms with van der Waals surface area (Å²) in [6.45, 7) is 5.54. The van der Waals surface area contributed by atoms with Gasteiger partial charge in [0.1, 0.15) is 11.5 Å². The number of nitrogens with zero attached hydrogens (tertiary/aromatic N) is 1. The van der Waals surface area contributed by atoms with Gasteiger partial charge in [-0.3, -0.25) is 9.59 Å². The number of amides is 2. The molecule has 164 valence electrons. The van der Waals surface area contributed by atoms with E-state index in [1.807, 2.05) is 29.2 Å². The summed E-state index contributed by atoms with van der Waals surface area (Å²) in [6, 6.07) is 13.2. The fraction of sp³-hybridized carbons (Fsp3) is 0.440. The molecule has 2 aliphatic heterocycles. The Morgan fingerprint density at radius 2 is 1.97 bits per heavy atom. The molecule has 1 fully saturated rings. The van der Waals surface area contributed by atoms with Crippen LogP contribution in [0.2, 0.25) is 0 Å². The van der Waals surface area contributed by atoms with E-state index in [1.165, 1.54) is 5.56 Å². The number of anilines is 1.